The third-order valence-corrected chi connectivity index (χ3v) is 4.59. The van der Waals surface area contributed by atoms with E-state index in [0.29, 0.717) is 11.7 Å². The van der Waals surface area contributed by atoms with Crippen LogP contribution < -0.4 is 15.6 Å². The number of rotatable bonds is 3. The molecule has 1 aliphatic rings. The summed E-state index contributed by atoms with van der Waals surface area (Å²) in [5.41, 5.74) is 5.84. The zero-order valence-electron chi connectivity index (χ0n) is 11.0. The zero-order chi connectivity index (χ0) is 14.0. The van der Waals surface area contributed by atoms with Gasteiger partial charge in [-0.2, -0.15) is 0 Å². The normalized spacial score (nSPS) is 24.1. The van der Waals surface area contributed by atoms with Gasteiger partial charge in [-0.25, -0.2) is 13.6 Å². The average Bonchev–Trinajstić information content (AvgIpc) is 2.30. The van der Waals surface area contributed by atoms with Gasteiger partial charge in [0.05, 0.1) is 5.69 Å². The number of ether oxygens (including phenoxy) is 1. The summed E-state index contributed by atoms with van der Waals surface area (Å²) in [4.78, 5) is -0.0588. The third kappa shape index (κ3) is 3.39. The van der Waals surface area contributed by atoms with Crippen LogP contribution in [0.2, 0.25) is 0 Å². The van der Waals surface area contributed by atoms with E-state index in [2.05, 4.69) is 6.92 Å². The van der Waals surface area contributed by atoms with E-state index < -0.39 is 10.0 Å². The molecule has 5 nitrogen and oxygen atoms in total. The molecule has 6 heteroatoms. The van der Waals surface area contributed by atoms with Crippen LogP contribution in [0.25, 0.3) is 0 Å². The number of sulfonamides is 1. The van der Waals surface area contributed by atoms with E-state index in [1.807, 2.05) is 0 Å². The number of anilines is 1. The Balaban J connectivity index is 2.16. The Bertz CT molecular complexity index is 557. The molecule has 0 aromatic heterocycles. The highest BCUT2D eigenvalue weighted by Crippen LogP contribution is 2.30. The van der Waals surface area contributed by atoms with Crippen molar-refractivity contribution < 1.29 is 13.2 Å². The Labute approximate surface area is 114 Å². The molecule has 2 atom stereocenters. The summed E-state index contributed by atoms with van der Waals surface area (Å²) in [5.74, 6) is 1.11. The molecule has 2 rings (SSSR count). The van der Waals surface area contributed by atoms with Crippen molar-refractivity contribution >= 4 is 15.7 Å². The van der Waals surface area contributed by atoms with Crippen molar-refractivity contribution in [1.82, 2.24) is 0 Å². The van der Waals surface area contributed by atoms with Crippen LogP contribution in [-0.4, -0.2) is 14.5 Å². The van der Waals surface area contributed by atoms with Crippen molar-refractivity contribution in [2.24, 2.45) is 11.1 Å². The van der Waals surface area contributed by atoms with Crippen LogP contribution in [0.1, 0.15) is 32.6 Å². The smallest absolute Gasteiger partial charge is 0.240 e. The highest BCUT2D eigenvalue weighted by Gasteiger charge is 2.23. The Morgan fingerprint density at radius 2 is 1.95 bits per heavy atom. The predicted octanol–water partition coefficient (Wildman–Crippen LogP) is 1.87. The Kier molecular flexibility index (Phi) is 4.01. The van der Waals surface area contributed by atoms with Crippen LogP contribution in [0, 0.1) is 5.92 Å². The summed E-state index contributed by atoms with van der Waals surface area (Å²) < 4.78 is 28.4. The molecule has 1 aliphatic carbocycles. The Morgan fingerprint density at radius 1 is 1.26 bits per heavy atom. The lowest BCUT2D eigenvalue weighted by Crippen LogP contribution is -2.28. The van der Waals surface area contributed by atoms with Crippen molar-refractivity contribution in [3.8, 4) is 5.75 Å². The number of nitrogens with two attached hydrogens (primary N) is 2. The Hall–Kier alpha value is -1.27. The number of hydrogen-bond acceptors (Lipinski definition) is 4. The van der Waals surface area contributed by atoms with E-state index in [1.165, 1.54) is 25.0 Å². The maximum Gasteiger partial charge on any atom is 0.240 e. The van der Waals surface area contributed by atoms with Crippen LogP contribution in [0.3, 0.4) is 0 Å². The first kappa shape index (κ1) is 14.1. The molecule has 0 spiro atoms. The first-order valence-electron chi connectivity index (χ1n) is 6.47. The van der Waals surface area contributed by atoms with Crippen LogP contribution >= 0.6 is 0 Å². The lowest BCUT2D eigenvalue weighted by atomic mass is 9.88. The number of benzene rings is 1. The van der Waals surface area contributed by atoms with Crippen molar-refractivity contribution in [2.45, 2.75) is 43.6 Å². The molecule has 0 aliphatic heterocycles. The van der Waals surface area contributed by atoms with Crippen molar-refractivity contribution in [1.29, 1.82) is 0 Å². The topological polar surface area (TPSA) is 95.4 Å². The molecule has 0 heterocycles. The van der Waals surface area contributed by atoms with Gasteiger partial charge in [-0.15, -0.1) is 0 Å². The van der Waals surface area contributed by atoms with E-state index in [-0.39, 0.29) is 16.7 Å². The molecule has 0 bridgehead atoms. The maximum absolute atomic E-state index is 11.3. The number of nitrogen functional groups attached to an aromatic ring is 1. The average molecular weight is 284 g/mol. The minimum atomic E-state index is -3.77. The second kappa shape index (κ2) is 5.38. The van der Waals surface area contributed by atoms with E-state index in [0.717, 1.165) is 12.8 Å². The molecule has 19 heavy (non-hydrogen) atoms. The molecular weight excluding hydrogens is 264 g/mol. The highest BCUT2D eigenvalue weighted by molar-refractivity contribution is 7.89. The van der Waals surface area contributed by atoms with Gasteiger partial charge in [0.15, 0.2) is 0 Å². The van der Waals surface area contributed by atoms with Crippen LogP contribution in [-0.2, 0) is 10.0 Å². The molecule has 0 saturated heterocycles. The van der Waals surface area contributed by atoms with Crippen LogP contribution in [0.4, 0.5) is 5.69 Å². The number of hydrogen-bond donors (Lipinski definition) is 2. The molecule has 0 radical (unpaired) electrons. The summed E-state index contributed by atoms with van der Waals surface area (Å²) in [6.07, 6.45) is 4.77. The van der Waals surface area contributed by atoms with Gasteiger partial charge in [0.2, 0.25) is 10.0 Å². The third-order valence-electron chi connectivity index (χ3n) is 3.61. The Morgan fingerprint density at radius 3 is 2.53 bits per heavy atom. The summed E-state index contributed by atoms with van der Waals surface area (Å²) in [7, 11) is -3.77. The molecule has 0 amide bonds. The maximum atomic E-state index is 11.3. The first-order valence-corrected chi connectivity index (χ1v) is 8.01. The minimum Gasteiger partial charge on any atom is -0.490 e. The zero-order valence-corrected chi connectivity index (χ0v) is 11.8. The fourth-order valence-corrected chi connectivity index (χ4v) is 3.14. The van der Waals surface area contributed by atoms with E-state index in [9.17, 15) is 8.42 Å². The molecule has 2 unspecified atom stereocenters. The van der Waals surface area contributed by atoms with Gasteiger partial charge in [0, 0.05) is 6.07 Å². The SMILES string of the molecule is CC1CCCCC1Oc1ccc(S(N)(=O)=O)c(N)c1. The van der Waals surface area contributed by atoms with E-state index in [1.54, 1.807) is 6.07 Å². The summed E-state index contributed by atoms with van der Waals surface area (Å²) >= 11 is 0. The molecule has 1 fully saturated rings. The summed E-state index contributed by atoms with van der Waals surface area (Å²) in [5, 5.41) is 5.07. The fourth-order valence-electron chi connectivity index (χ4n) is 2.49. The van der Waals surface area contributed by atoms with Gasteiger partial charge in [-0.05, 0) is 37.3 Å². The predicted molar refractivity (Wildman–Crippen MR) is 74.3 cm³/mol. The highest BCUT2D eigenvalue weighted by atomic mass is 32.2. The van der Waals surface area contributed by atoms with Gasteiger partial charge in [-0.1, -0.05) is 13.3 Å². The van der Waals surface area contributed by atoms with E-state index in [4.69, 9.17) is 15.6 Å². The molecule has 1 aromatic carbocycles. The van der Waals surface area contributed by atoms with Crippen molar-refractivity contribution in [3.63, 3.8) is 0 Å². The minimum absolute atomic E-state index is 0.0588. The van der Waals surface area contributed by atoms with Crippen LogP contribution in [0.15, 0.2) is 23.1 Å². The van der Waals surface area contributed by atoms with Gasteiger partial charge >= 0.3 is 0 Å². The standard InChI is InChI=1S/C13H20N2O3S/c1-9-4-2-3-5-12(9)18-10-6-7-13(11(14)8-10)19(15,16)17/h6-9,12H,2-5,14H2,1H3,(H2,15,16,17). The quantitative estimate of drug-likeness (QED) is 0.828. The monoisotopic (exact) mass is 284 g/mol. The first-order chi connectivity index (χ1) is 8.88. The lowest BCUT2D eigenvalue weighted by molar-refractivity contribution is 0.102. The van der Waals surface area contributed by atoms with Crippen molar-refractivity contribution in [3.05, 3.63) is 18.2 Å². The summed E-state index contributed by atoms with van der Waals surface area (Å²) in [6, 6.07) is 4.53. The van der Waals surface area contributed by atoms with Crippen LogP contribution in [0.5, 0.6) is 5.75 Å². The van der Waals surface area contributed by atoms with Gasteiger partial charge in [-0.3, -0.25) is 0 Å². The van der Waals surface area contributed by atoms with E-state index >= 15 is 0 Å². The molecule has 1 saturated carbocycles. The fraction of sp³-hybridized carbons (Fsp3) is 0.538. The second-order valence-electron chi connectivity index (χ2n) is 5.16. The molecule has 106 valence electrons. The van der Waals surface area contributed by atoms with Gasteiger partial charge in [0.25, 0.3) is 0 Å². The van der Waals surface area contributed by atoms with Gasteiger partial charge in [0.1, 0.15) is 16.7 Å². The molecule has 4 N–H and O–H groups in total. The number of primary sulfonamides is 1. The largest absolute Gasteiger partial charge is 0.490 e. The second-order valence-corrected chi connectivity index (χ2v) is 6.69. The summed E-state index contributed by atoms with van der Waals surface area (Å²) in [6.45, 7) is 2.17. The lowest BCUT2D eigenvalue weighted by Gasteiger charge is -2.29. The molecule has 1 aromatic rings. The van der Waals surface area contributed by atoms with Crippen molar-refractivity contribution in [2.75, 3.05) is 5.73 Å². The van der Waals surface area contributed by atoms with Gasteiger partial charge < -0.3 is 10.5 Å². The molecular formula is C13H20N2O3S.